The highest BCUT2D eigenvalue weighted by Gasteiger charge is 2.40. The fraction of sp³-hybridized carbons (Fsp3) is 0.176. The Kier molecular flexibility index (Phi) is 4.80. The van der Waals surface area contributed by atoms with Crippen LogP contribution in [0.4, 0.5) is 13.2 Å². The van der Waals surface area contributed by atoms with Crippen LogP contribution >= 0.6 is 0 Å². The second kappa shape index (κ2) is 7.06. The molecule has 0 aliphatic heterocycles. The molecule has 3 aromatic rings. The third kappa shape index (κ3) is 3.89. The fourth-order valence-electron chi connectivity index (χ4n) is 2.50. The number of nitrogens with zero attached hydrogens (tertiary/aromatic N) is 4. The first-order valence-corrected chi connectivity index (χ1v) is 7.63. The van der Waals surface area contributed by atoms with Gasteiger partial charge in [-0.15, -0.1) is 5.10 Å². The van der Waals surface area contributed by atoms with Crippen LogP contribution in [0.25, 0.3) is 11.3 Å². The molecular formula is C17H13F3N4O3. The zero-order valence-electron chi connectivity index (χ0n) is 13.9. The highest BCUT2D eigenvalue weighted by molar-refractivity contribution is 5.87. The van der Waals surface area contributed by atoms with E-state index < -0.39 is 23.5 Å². The Bertz CT molecular complexity index is 968. The molecule has 0 amide bonds. The van der Waals surface area contributed by atoms with E-state index in [1.54, 1.807) is 24.3 Å². The summed E-state index contributed by atoms with van der Waals surface area (Å²) in [5.74, 6) is -0.775. The molecule has 27 heavy (non-hydrogen) atoms. The van der Waals surface area contributed by atoms with Crippen LogP contribution < -0.4 is 4.74 Å². The first-order chi connectivity index (χ1) is 12.8. The van der Waals surface area contributed by atoms with Gasteiger partial charge in [0.1, 0.15) is 17.1 Å². The van der Waals surface area contributed by atoms with Gasteiger partial charge in [-0.3, -0.25) is 0 Å². The molecule has 0 aliphatic rings. The van der Waals surface area contributed by atoms with Crippen LogP contribution in [0.3, 0.4) is 0 Å². The lowest BCUT2D eigenvalue weighted by atomic mass is 10.1. The van der Waals surface area contributed by atoms with Crippen LogP contribution in [0.5, 0.6) is 5.75 Å². The summed E-state index contributed by atoms with van der Waals surface area (Å²) in [6.07, 6.45) is -3.63. The Morgan fingerprint density at radius 3 is 2.52 bits per heavy atom. The molecule has 0 radical (unpaired) electrons. The zero-order chi connectivity index (χ0) is 19.6. The second-order valence-electron chi connectivity index (χ2n) is 5.53. The van der Waals surface area contributed by atoms with Crippen molar-refractivity contribution in [3.05, 3.63) is 59.5 Å². The van der Waals surface area contributed by atoms with Crippen LogP contribution in [0.2, 0.25) is 0 Å². The first kappa shape index (κ1) is 18.4. The Labute approximate surface area is 151 Å². The molecule has 7 nitrogen and oxygen atoms in total. The Balaban J connectivity index is 2.04. The maximum absolute atomic E-state index is 13.7. The number of aromatic carboxylic acids is 1. The van der Waals surface area contributed by atoms with Gasteiger partial charge in [-0.25, -0.2) is 14.5 Å². The molecule has 2 heterocycles. The molecule has 10 heteroatoms. The number of rotatable bonds is 5. The van der Waals surface area contributed by atoms with Gasteiger partial charge in [0.05, 0.1) is 13.7 Å². The molecule has 0 spiro atoms. The monoisotopic (exact) mass is 378 g/mol. The van der Waals surface area contributed by atoms with Crippen LogP contribution in [-0.2, 0) is 12.7 Å². The van der Waals surface area contributed by atoms with Crippen LogP contribution in [0.15, 0.2) is 42.6 Å². The van der Waals surface area contributed by atoms with Crippen molar-refractivity contribution in [2.24, 2.45) is 0 Å². The van der Waals surface area contributed by atoms with E-state index in [-0.39, 0.29) is 17.8 Å². The predicted molar refractivity (Wildman–Crippen MR) is 87.3 cm³/mol. The summed E-state index contributed by atoms with van der Waals surface area (Å²) in [5, 5.41) is 16.2. The highest BCUT2D eigenvalue weighted by atomic mass is 19.4. The summed E-state index contributed by atoms with van der Waals surface area (Å²) in [5.41, 5.74) is -1.37. The maximum atomic E-state index is 13.7. The van der Waals surface area contributed by atoms with Crippen LogP contribution in [0, 0.1) is 0 Å². The number of alkyl halides is 3. The molecule has 1 aromatic carbocycles. The minimum Gasteiger partial charge on any atom is -0.497 e. The number of halogens is 3. The van der Waals surface area contributed by atoms with Crippen LogP contribution in [0.1, 0.15) is 21.7 Å². The molecule has 0 saturated heterocycles. The van der Waals surface area contributed by atoms with Gasteiger partial charge in [0.25, 0.3) is 0 Å². The van der Waals surface area contributed by atoms with E-state index in [4.69, 9.17) is 9.84 Å². The van der Waals surface area contributed by atoms with Crippen molar-refractivity contribution in [3.63, 3.8) is 0 Å². The van der Waals surface area contributed by atoms with Crippen molar-refractivity contribution in [3.8, 4) is 17.0 Å². The molecule has 140 valence electrons. The van der Waals surface area contributed by atoms with E-state index >= 15 is 0 Å². The normalized spacial score (nSPS) is 11.4. The SMILES string of the molecule is COc1ccc(Cn2nnc(-c3ccnc(C(=O)O)c3)c2C(F)(F)F)cc1. The lowest BCUT2D eigenvalue weighted by Gasteiger charge is -2.12. The number of carbonyl (C=O) groups is 1. The van der Waals surface area contributed by atoms with Gasteiger partial charge in [-0.05, 0) is 29.8 Å². The van der Waals surface area contributed by atoms with Gasteiger partial charge in [0, 0.05) is 11.8 Å². The number of hydrogen-bond donors (Lipinski definition) is 1. The molecule has 0 unspecified atom stereocenters. The lowest BCUT2D eigenvalue weighted by molar-refractivity contribution is -0.143. The fourth-order valence-corrected chi connectivity index (χ4v) is 2.50. The molecular weight excluding hydrogens is 365 g/mol. The quantitative estimate of drug-likeness (QED) is 0.734. The van der Waals surface area contributed by atoms with Crippen molar-refractivity contribution in [1.82, 2.24) is 20.0 Å². The van der Waals surface area contributed by atoms with Gasteiger partial charge in [-0.1, -0.05) is 17.3 Å². The van der Waals surface area contributed by atoms with Gasteiger partial charge < -0.3 is 9.84 Å². The third-order valence-corrected chi connectivity index (χ3v) is 3.75. The molecule has 3 rings (SSSR count). The Morgan fingerprint density at radius 2 is 1.93 bits per heavy atom. The predicted octanol–water partition coefficient (Wildman–Crippen LogP) is 3.11. The van der Waals surface area contributed by atoms with Crippen molar-refractivity contribution >= 4 is 5.97 Å². The van der Waals surface area contributed by atoms with Gasteiger partial charge in [0.2, 0.25) is 0 Å². The average molecular weight is 378 g/mol. The molecule has 0 bridgehead atoms. The van der Waals surface area contributed by atoms with E-state index in [1.165, 1.54) is 13.2 Å². The lowest BCUT2D eigenvalue weighted by Crippen LogP contribution is -2.16. The molecule has 1 N–H and O–H groups in total. The topological polar surface area (TPSA) is 90.1 Å². The molecule has 0 aliphatic carbocycles. The third-order valence-electron chi connectivity index (χ3n) is 3.75. The van der Waals surface area contributed by atoms with Crippen molar-refractivity contribution in [1.29, 1.82) is 0 Å². The molecule has 0 saturated carbocycles. The van der Waals surface area contributed by atoms with Crippen molar-refractivity contribution in [2.75, 3.05) is 7.11 Å². The van der Waals surface area contributed by atoms with Crippen molar-refractivity contribution < 1.29 is 27.8 Å². The number of carboxylic acids is 1. The van der Waals surface area contributed by atoms with E-state index in [9.17, 15) is 18.0 Å². The van der Waals surface area contributed by atoms with Crippen molar-refractivity contribution in [2.45, 2.75) is 12.7 Å². The Morgan fingerprint density at radius 1 is 1.22 bits per heavy atom. The number of benzene rings is 1. The molecule has 0 fully saturated rings. The summed E-state index contributed by atoms with van der Waals surface area (Å²) < 4.78 is 46.7. The van der Waals surface area contributed by atoms with E-state index in [1.807, 2.05) is 0 Å². The summed E-state index contributed by atoms with van der Waals surface area (Å²) in [6, 6.07) is 8.78. The highest BCUT2D eigenvalue weighted by Crippen LogP contribution is 2.36. The standard InChI is InChI=1S/C17H13F3N4O3/c1-27-12-4-2-10(3-5-12)9-24-15(17(18,19)20)14(22-23-24)11-6-7-21-13(8-11)16(25)26/h2-8H,9H2,1H3,(H,25,26). The summed E-state index contributed by atoms with van der Waals surface area (Å²) in [4.78, 5) is 14.6. The molecule has 0 atom stereocenters. The van der Waals surface area contributed by atoms with E-state index in [0.29, 0.717) is 11.3 Å². The van der Waals surface area contributed by atoms with E-state index in [2.05, 4.69) is 15.3 Å². The summed E-state index contributed by atoms with van der Waals surface area (Å²) in [6.45, 7) is -0.164. The number of aromatic nitrogens is 4. The number of hydrogen-bond acceptors (Lipinski definition) is 5. The number of carboxylic acid groups (broad SMARTS) is 1. The minimum absolute atomic E-state index is 0.0318. The molecule has 2 aromatic heterocycles. The van der Waals surface area contributed by atoms with E-state index in [0.717, 1.165) is 16.9 Å². The van der Waals surface area contributed by atoms with Crippen LogP contribution in [-0.4, -0.2) is 38.2 Å². The minimum atomic E-state index is -4.74. The smallest absolute Gasteiger partial charge is 0.435 e. The summed E-state index contributed by atoms with van der Waals surface area (Å²) in [7, 11) is 1.49. The van der Waals surface area contributed by atoms with Gasteiger partial charge >= 0.3 is 12.1 Å². The van der Waals surface area contributed by atoms with Gasteiger partial charge in [-0.2, -0.15) is 13.2 Å². The van der Waals surface area contributed by atoms with Gasteiger partial charge in [0.15, 0.2) is 5.69 Å². The number of ether oxygens (including phenoxy) is 1. The number of pyridine rings is 1. The maximum Gasteiger partial charge on any atom is 0.435 e. The largest absolute Gasteiger partial charge is 0.497 e. The average Bonchev–Trinajstić information content (AvgIpc) is 3.06. The summed E-state index contributed by atoms with van der Waals surface area (Å²) >= 11 is 0. The second-order valence-corrected chi connectivity index (χ2v) is 5.53. The first-order valence-electron chi connectivity index (χ1n) is 7.63. The number of methoxy groups -OCH3 is 1. The Hall–Kier alpha value is -3.43. The zero-order valence-corrected chi connectivity index (χ0v) is 13.9.